The second-order valence-electron chi connectivity index (χ2n) is 7.23. The number of ether oxygens (including phenoxy) is 1. The SMILES string of the molecule is CC.COC(=O)C1CCc2c(C)nn(C)c2C1.O=Cc1c(Cl)cccc1C1CC1. The van der Waals surface area contributed by atoms with Crippen LogP contribution in [0.4, 0.5) is 0 Å². The molecule has 1 aromatic carbocycles. The molecular formula is C23H31ClN2O3. The van der Waals surface area contributed by atoms with E-state index in [2.05, 4.69) is 5.10 Å². The Morgan fingerprint density at radius 3 is 2.55 bits per heavy atom. The monoisotopic (exact) mass is 418 g/mol. The molecule has 1 heterocycles. The van der Waals surface area contributed by atoms with Gasteiger partial charge in [-0.15, -0.1) is 0 Å². The minimum absolute atomic E-state index is 0.0114. The fourth-order valence-electron chi connectivity index (χ4n) is 3.78. The van der Waals surface area contributed by atoms with E-state index in [1.54, 1.807) is 6.07 Å². The van der Waals surface area contributed by atoms with E-state index in [0.29, 0.717) is 16.5 Å². The van der Waals surface area contributed by atoms with Gasteiger partial charge in [0.15, 0.2) is 6.29 Å². The predicted octanol–water partition coefficient (Wildman–Crippen LogP) is 5.06. The quantitative estimate of drug-likeness (QED) is 0.516. The van der Waals surface area contributed by atoms with E-state index < -0.39 is 0 Å². The average Bonchev–Trinajstić information content (AvgIpc) is 3.55. The Bertz CT molecular complexity index is 856. The molecule has 1 saturated carbocycles. The van der Waals surface area contributed by atoms with Crippen molar-refractivity contribution in [3.8, 4) is 0 Å². The van der Waals surface area contributed by atoms with Gasteiger partial charge in [0.05, 0.1) is 23.7 Å². The number of carbonyl (C=O) groups excluding carboxylic acids is 2. The van der Waals surface area contributed by atoms with Gasteiger partial charge >= 0.3 is 5.97 Å². The molecule has 5 nitrogen and oxygen atoms in total. The van der Waals surface area contributed by atoms with E-state index in [0.717, 1.165) is 36.8 Å². The van der Waals surface area contributed by atoms with Crippen LogP contribution in [0.1, 0.15) is 71.9 Å². The summed E-state index contributed by atoms with van der Waals surface area (Å²) in [4.78, 5) is 22.1. The van der Waals surface area contributed by atoms with Gasteiger partial charge in [0, 0.05) is 24.7 Å². The number of esters is 1. The Hall–Kier alpha value is -2.14. The average molecular weight is 419 g/mol. The minimum atomic E-state index is -0.0977. The molecule has 1 fully saturated rings. The number of carbonyl (C=O) groups is 2. The normalized spacial score (nSPS) is 17.1. The Balaban J connectivity index is 0.000000194. The van der Waals surface area contributed by atoms with Crippen molar-refractivity contribution in [2.45, 2.75) is 58.8 Å². The van der Waals surface area contributed by atoms with Crippen molar-refractivity contribution in [1.29, 1.82) is 0 Å². The number of halogens is 1. The van der Waals surface area contributed by atoms with E-state index in [-0.39, 0.29) is 11.9 Å². The molecule has 0 N–H and O–H groups in total. The van der Waals surface area contributed by atoms with Crippen molar-refractivity contribution < 1.29 is 14.3 Å². The molecule has 0 radical (unpaired) electrons. The third-order valence-electron chi connectivity index (χ3n) is 5.41. The summed E-state index contributed by atoms with van der Waals surface area (Å²) < 4.78 is 6.67. The summed E-state index contributed by atoms with van der Waals surface area (Å²) in [5.41, 5.74) is 5.40. The number of nitrogens with zero attached hydrogens (tertiary/aromatic N) is 2. The van der Waals surface area contributed by atoms with E-state index in [1.807, 2.05) is 44.6 Å². The van der Waals surface area contributed by atoms with Gasteiger partial charge in [0.1, 0.15) is 0 Å². The van der Waals surface area contributed by atoms with Crippen molar-refractivity contribution in [3.63, 3.8) is 0 Å². The van der Waals surface area contributed by atoms with Crippen LogP contribution in [0.15, 0.2) is 18.2 Å². The first kappa shape index (κ1) is 23.1. The second-order valence-corrected chi connectivity index (χ2v) is 7.64. The number of hydrogen-bond donors (Lipinski definition) is 0. The highest BCUT2D eigenvalue weighted by atomic mass is 35.5. The van der Waals surface area contributed by atoms with Crippen molar-refractivity contribution in [2.24, 2.45) is 13.0 Å². The Labute approximate surface area is 178 Å². The largest absolute Gasteiger partial charge is 0.469 e. The fourth-order valence-corrected chi connectivity index (χ4v) is 4.01. The molecule has 1 unspecified atom stereocenters. The lowest BCUT2D eigenvalue weighted by Gasteiger charge is -2.20. The maximum absolute atomic E-state index is 11.4. The molecule has 158 valence electrons. The van der Waals surface area contributed by atoms with Crippen LogP contribution in [-0.2, 0) is 29.4 Å². The molecule has 4 rings (SSSR count). The van der Waals surface area contributed by atoms with Crippen LogP contribution in [0.25, 0.3) is 0 Å². The van der Waals surface area contributed by atoms with Gasteiger partial charge < -0.3 is 4.74 Å². The smallest absolute Gasteiger partial charge is 0.309 e. The second kappa shape index (κ2) is 10.6. The maximum atomic E-state index is 11.4. The first-order valence-electron chi connectivity index (χ1n) is 10.3. The number of aldehydes is 1. The summed E-state index contributed by atoms with van der Waals surface area (Å²) in [6.07, 6.45) is 5.83. The fraction of sp³-hybridized carbons (Fsp3) is 0.522. The molecule has 29 heavy (non-hydrogen) atoms. The number of fused-ring (bicyclic) bond motifs is 1. The van der Waals surface area contributed by atoms with Crippen LogP contribution in [0.5, 0.6) is 0 Å². The standard InChI is InChI=1S/C11H16N2O2.C10H9ClO.C2H6/c1-7-9-5-4-8(11(14)15-3)6-10(9)13(2)12-7;11-10-3-1-2-8(7-4-5-7)9(10)6-12;1-2/h8H,4-6H2,1-3H3;1-3,6-7H,4-5H2;1-2H3. The lowest BCUT2D eigenvalue weighted by molar-refractivity contribution is -0.145. The van der Waals surface area contributed by atoms with Crippen LogP contribution in [0, 0.1) is 12.8 Å². The minimum Gasteiger partial charge on any atom is -0.469 e. The molecule has 0 saturated heterocycles. The first-order chi connectivity index (χ1) is 14.0. The molecule has 2 aromatic rings. The van der Waals surface area contributed by atoms with Gasteiger partial charge in [-0.25, -0.2) is 0 Å². The van der Waals surface area contributed by atoms with E-state index in [9.17, 15) is 9.59 Å². The van der Waals surface area contributed by atoms with Gasteiger partial charge in [-0.3, -0.25) is 14.3 Å². The third kappa shape index (κ3) is 5.47. The first-order valence-corrected chi connectivity index (χ1v) is 10.7. The molecular weight excluding hydrogens is 388 g/mol. The highest BCUT2D eigenvalue weighted by Crippen LogP contribution is 2.42. The summed E-state index contributed by atoms with van der Waals surface area (Å²) in [5.74, 6) is 0.501. The molecule has 6 heteroatoms. The topological polar surface area (TPSA) is 61.2 Å². The van der Waals surface area contributed by atoms with Gasteiger partial charge in [0.25, 0.3) is 0 Å². The van der Waals surface area contributed by atoms with Crippen molar-refractivity contribution >= 4 is 23.9 Å². The van der Waals surface area contributed by atoms with Gasteiger partial charge in [-0.1, -0.05) is 37.6 Å². The molecule has 0 amide bonds. The lowest BCUT2D eigenvalue weighted by atomic mass is 9.87. The number of benzene rings is 1. The highest BCUT2D eigenvalue weighted by molar-refractivity contribution is 6.33. The summed E-state index contributed by atoms with van der Waals surface area (Å²) >= 11 is 5.87. The van der Waals surface area contributed by atoms with Crippen LogP contribution < -0.4 is 0 Å². The zero-order valence-electron chi connectivity index (χ0n) is 18.0. The highest BCUT2D eigenvalue weighted by Gasteiger charge is 2.29. The van der Waals surface area contributed by atoms with Gasteiger partial charge in [0.2, 0.25) is 0 Å². The molecule has 0 spiro atoms. The van der Waals surface area contributed by atoms with Gasteiger partial charge in [-0.05, 0) is 55.7 Å². The zero-order valence-corrected chi connectivity index (χ0v) is 18.8. The maximum Gasteiger partial charge on any atom is 0.309 e. The summed E-state index contributed by atoms with van der Waals surface area (Å²) in [5, 5.41) is 4.95. The van der Waals surface area contributed by atoms with E-state index in [4.69, 9.17) is 16.3 Å². The van der Waals surface area contributed by atoms with Crippen molar-refractivity contribution in [1.82, 2.24) is 9.78 Å². The lowest BCUT2D eigenvalue weighted by Crippen LogP contribution is -2.24. The van der Waals surface area contributed by atoms with Crippen LogP contribution >= 0.6 is 11.6 Å². The molecule has 1 atom stereocenters. The molecule has 2 aliphatic rings. The van der Waals surface area contributed by atoms with E-state index in [1.165, 1.54) is 31.2 Å². The molecule has 2 aliphatic carbocycles. The van der Waals surface area contributed by atoms with Crippen LogP contribution in [0.2, 0.25) is 5.02 Å². The molecule has 0 bridgehead atoms. The number of hydrogen-bond acceptors (Lipinski definition) is 4. The van der Waals surface area contributed by atoms with Crippen molar-refractivity contribution in [3.05, 3.63) is 51.3 Å². The summed E-state index contributed by atoms with van der Waals surface area (Å²) in [7, 11) is 3.39. The molecule has 1 aromatic heterocycles. The Morgan fingerprint density at radius 1 is 1.28 bits per heavy atom. The predicted molar refractivity (Wildman–Crippen MR) is 116 cm³/mol. The summed E-state index contributed by atoms with van der Waals surface area (Å²) in [6, 6.07) is 5.66. The summed E-state index contributed by atoms with van der Waals surface area (Å²) in [6.45, 7) is 6.03. The van der Waals surface area contributed by atoms with Crippen LogP contribution in [-0.4, -0.2) is 29.1 Å². The van der Waals surface area contributed by atoms with Gasteiger partial charge in [-0.2, -0.15) is 5.10 Å². The zero-order chi connectivity index (χ0) is 21.6. The Morgan fingerprint density at radius 2 is 1.97 bits per heavy atom. The van der Waals surface area contributed by atoms with Crippen LogP contribution in [0.3, 0.4) is 0 Å². The number of aryl methyl sites for hydroxylation is 2. The number of aromatic nitrogens is 2. The van der Waals surface area contributed by atoms with E-state index >= 15 is 0 Å². The Kier molecular flexibility index (Phi) is 8.45. The molecule has 0 aliphatic heterocycles. The number of rotatable bonds is 3. The third-order valence-corrected chi connectivity index (χ3v) is 5.74. The van der Waals surface area contributed by atoms with Crippen molar-refractivity contribution in [2.75, 3.05) is 7.11 Å². The number of methoxy groups -OCH3 is 1.